The molecule has 9 heteroatoms. The summed E-state index contributed by atoms with van der Waals surface area (Å²) in [6, 6.07) is 9.37. The standard InChI is InChI=1S/C22H22N2O6S/c1-3-4-9-30-17-8-5-13(10-18(17)29-2)11-19-20(26)24-22(31-19)23-14-6-7-16(25)15(12-14)21(27)28/h5-8,10-12,25H,3-4,9H2,1-2H3,(H,27,28)(H,23,24,26)/b19-11-. The molecule has 8 nitrogen and oxygen atoms in total. The zero-order chi connectivity index (χ0) is 22.4. The van der Waals surface area contributed by atoms with Gasteiger partial charge in [-0.3, -0.25) is 4.79 Å². The Kier molecular flexibility index (Phi) is 7.19. The van der Waals surface area contributed by atoms with Crippen LogP contribution in [0, 0.1) is 0 Å². The molecule has 162 valence electrons. The molecule has 3 N–H and O–H groups in total. The zero-order valence-electron chi connectivity index (χ0n) is 17.0. The molecule has 0 aliphatic carbocycles. The van der Waals surface area contributed by atoms with E-state index in [-0.39, 0.29) is 17.2 Å². The van der Waals surface area contributed by atoms with Gasteiger partial charge >= 0.3 is 5.97 Å². The van der Waals surface area contributed by atoms with Gasteiger partial charge in [0.25, 0.3) is 5.91 Å². The minimum Gasteiger partial charge on any atom is -0.507 e. The number of carboxylic acid groups (broad SMARTS) is 1. The molecule has 0 spiro atoms. The van der Waals surface area contributed by atoms with E-state index in [1.54, 1.807) is 25.3 Å². The van der Waals surface area contributed by atoms with Gasteiger partial charge in [-0.25, -0.2) is 9.79 Å². The number of hydrogen-bond donors (Lipinski definition) is 3. The van der Waals surface area contributed by atoms with Crippen molar-refractivity contribution >= 4 is 40.6 Å². The summed E-state index contributed by atoms with van der Waals surface area (Å²) in [5.74, 6) is -0.711. The van der Waals surface area contributed by atoms with E-state index in [2.05, 4.69) is 17.2 Å². The Bertz CT molecular complexity index is 1060. The zero-order valence-corrected chi connectivity index (χ0v) is 17.9. The lowest BCUT2D eigenvalue weighted by Crippen LogP contribution is -2.19. The van der Waals surface area contributed by atoms with Crippen molar-refractivity contribution in [1.82, 2.24) is 5.32 Å². The first-order valence-corrected chi connectivity index (χ1v) is 10.4. The Labute approximate surface area is 183 Å². The van der Waals surface area contributed by atoms with Crippen molar-refractivity contribution in [3.05, 3.63) is 52.4 Å². The van der Waals surface area contributed by atoms with Crippen molar-refractivity contribution in [1.29, 1.82) is 0 Å². The van der Waals surface area contributed by atoms with Crippen molar-refractivity contribution in [2.75, 3.05) is 13.7 Å². The molecule has 1 amide bonds. The number of hydrogen-bond acceptors (Lipinski definition) is 7. The molecule has 1 fully saturated rings. The number of rotatable bonds is 8. The number of amidine groups is 1. The summed E-state index contributed by atoms with van der Waals surface area (Å²) in [6.45, 7) is 2.69. The number of amides is 1. The summed E-state index contributed by atoms with van der Waals surface area (Å²) in [7, 11) is 1.56. The molecular formula is C22H22N2O6S. The molecule has 1 saturated heterocycles. The topological polar surface area (TPSA) is 117 Å². The van der Waals surface area contributed by atoms with Crippen LogP contribution in [0.2, 0.25) is 0 Å². The second-order valence-electron chi connectivity index (χ2n) is 6.60. The van der Waals surface area contributed by atoms with Gasteiger partial charge in [-0.15, -0.1) is 0 Å². The lowest BCUT2D eigenvalue weighted by atomic mass is 10.2. The number of phenols is 1. The van der Waals surface area contributed by atoms with E-state index < -0.39 is 5.97 Å². The smallest absolute Gasteiger partial charge is 0.339 e. The molecule has 0 unspecified atom stereocenters. The van der Waals surface area contributed by atoms with Gasteiger partial charge in [-0.2, -0.15) is 0 Å². The van der Waals surface area contributed by atoms with Crippen LogP contribution in [0.25, 0.3) is 6.08 Å². The maximum Gasteiger partial charge on any atom is 0.339 e. The van der Waals surface area contributed by atoms with E-state index in [0.29, 0.717) is 33.9 Å². The lowest BCUT2D eigenvalue weighted by Gasteiger charge is -2.11. The first-order chi connectivity index (χ1) is 14.9. The molecular weight excluding hydrogens is 420 g/mol. The van der Waals surface area contributed by atoms with Gasteiger partial charge in [-0.05, 0) is 60.2 Å². The maximum atomic E-state index is 12.3. The average Bonchev–Trinajstić information content (AvgIpc) is 3.08. The molecule has 0 atom stereocenters. The van der Waals surface area contributed by atoms with Crippen molar-refractivity contribution in [2.24, 2.45) is 4.99 Å². The van der Waals surface area contributed by atoms with E-state index in [1.807, 2.05) is 6.07 Å². The molecule has 0 bridgehead atoms. The largest absolute Gasteiger partial charge is 0.507 e. The number of carboxylic acids is 1. The van der Waals surface area contributed by atoms with Gasteiger partial charge in [0.2, 0.25) is 0 Å². The quantitative estimate of drug-likeness (QED) is 0.415. The number of carbonyl (C=O) groups is 2. The number of carbonyl (C=O) groups excluding carboxylic acids is 1. The van der Waals surface area contributed by atoms with Gasteiger partial charge in [0.15, 0.2) is 16.7 Å². The second kappa shape index (κ2) is 10.0. The average molecular weight is 442 g/mol. The number of aromatic hydroxyl groups is 1. The van der Waals surface area contributed by atoms with Crippen molar-refractivity contribution in [3.8, 4) is 17.2 Å². The molecule has 0 aromatic heterocycles. The van der Waals surface area contributed by atoms with Crippen molar-refractivity contribution in [2.45, 2.75) is 19.8 Å². The number of nitrogens with one attached hydrogen (secondary N) is 1. The highest BCUT2D eigenvalue weighted by atomic mass is 32.2. The van der Waals surface area contributed by atoms with Crippen LogP contribution in [0.4, 0.5) is 5.69 Å². The third-order valence-electron chi connectivity index (χ3n) is 4.33. The summed E-state index contributed by atoms with van der Waals surface area (Å²) < 4.78 is 11.1. The van der Waals surface area contributed by atoms with Crippen molar-refractivity contribution < 1.29 is 29.3 Å². The van der Waals surface area contributed by atoms with E-state index in [9.17, 15) is 14.7 Å². The lowest BCUT2D eigenvalue weighted by molar-refractivity contribution is -0.115. The first kappa shape index (κ1) is 22.2. The normalized spacial score (nSPS) is 15.9. The van der Waals surface area contributed by atoms with Gasteiger partial charge in [0.1, 0.15) is 11.3 Å². The third-order valence-corrected chi connectivity index (χ3v) is 5.24. The number of nitrogens with zero attached hydrogens (tertiary/aromatic N) is 1. The van der Waals surface area contributed by atoms with E-state index in [0.717, 1.165) is 30.2 Å². The number of unbranched alkanes of at least 4 members (excludes halogenated alkanes) is 1. The van der Waals surface area contributed by atoms with Gasteiger partial charge in [-0.1, -0.05) is 19.4 Å². The van der Waals surface area contributed by atoms with Crippen LogP contribution in [0.3, 0.4) is 0 Å². The maximum absolute atomic E-state index is 12.3. The SMILES string of the molecule is CCCCOc1ccc(/C=C2\SC(=Nc3ccc(O)c(C(=O)O)c3)NC2=O)cc1OC. The van der Waals surface area contributed by atoms with Gasteiger partial charge < -0.3 is 25.0 Å². The van der Waals surface area contributed by atoms with Crippen LogP contribution in [-0.4, -0.2) is 41.0 Å². The molecule has 2 aromatic rings. The number of methoxy groups -OCH3 is 1. The van der Waals surface area contributed by atoms with Crippen LogP contribution in [0.5, 0.6) is 17.2 Å². The third kappa shape index (κ3) is 5.58. The Balaban J connectivity index is 1.79. The molecule has 0 saturated carbocycles. The number of thioether (sulfide) groups is 1. The Morgan fingerprint density at radius 1 is 1.23 bits per heavy atom. The Morgan fingerprint density at radius 3 is 2.74 bits per heavy atom. The highest BCUT2D eigenvalue weighted by molar-refractivity contribution is 8.18. The van der Waals surface area contributed by atoms with E-state index in [1.165, 1.54) is 18.2 Å². The number of aromatic carboxylic acids is 1. The Morgan fingerprint density at radius 2 is 2.03 bits per heavy atom. The van der Waals surface area contributed by atoms with Crippen molar-refractivity contribution in [3.63, 3.8) is 0 Å². The molecule has 2 aromatic carbocycles. The fraction of sp³-hybridized carbons (Fsp3) is 0.227. The molecule has 3 rings (SSSR count). The molecule has 31 heavy (non-hydrogen) atoms. The fourth-order valence-corrected chi connectivity index (χ4v) is 3.58. The molecule has 0 radical (unpaired) electrons. The van der Waals surface area contributed by atoms with Crippen LogP contribution in [-0.2, 0) is 4.79 Å². The van der Waals surface area contributed by atoms with Gasteiger partial charge in [0.05, 0.1) is 24.3 Å². The van der Waals surface area contributed by atoms with Crippen LogP contribution < -0.4 is 14.8 Å². The van der Waals surface area contributed by atoms with E-state index in [4.69, 9.17) is 14.6 Å². The van der Waals surface area contributed by atoms with Gasteiger partial charge in [0, 0.05) is 0 Å². The first-order valence-electron chi connectivity index (χ1n) is 9.58. The highest BCUT2D eigenvalue weighted by Crippen LogP contribution is 2.33. The second-order valence-corrected chi connectivity index (χ2v) is 7.63. The summed E-state index contributed by atoms with van der Waals surface area (Å²) in [5, 5.41) is 21.7. The molecule has 1 heterocycles. The predicted molar refractivity (Wildman–Crippen MR) is 119 cm³/mol. The predicted octanol–water partition coefficient (Wildman–Crippen LogP) is 4.17. The number of benzene rings is 2. The highest BCUT2D eigenvalue weighted by Gasteiger charge is 2.24. The molecule has 1 aliphatic rings. The molecule has 1 aliphatic heterocycles. The van der Waals surface area contributed by atoms with Crippen LogP contribution in [0.1, 0.15) is 35.7 Å². The summed E-state index contributed by atoms with van der Waals surface area (Å²) in [4.78, 5) is 28.2. The summed E-state index contributed by atoms with van der Waals surface area (Å²) in [5.41, 5.74) is 0.797. The summed E-state index contributed by atoms with van der Waals surface area (Å²) >= 11 is 1.13. The monoisotopic (exact) mass is 442 g/mol. The van der Waals surface area contributed by atoms with Crippen LogP contribution in [0.15, 0.2) is 46.3 Å². The van der Waals surface area contributed by atoms with E-state index >= 15 is 0 Å². The minimum atomic E-state index is -1.26. The Hall–Kier alpha value is -3.46. The fourth-order valence-electron chi connectivity index (χ4n) is 2.73. The minimum absolute atomic E-state index is 0.264. The summed E-state index contributed by atoms with van der Waals surface area (Å²) in [6.07, 6.45) is 3.69. The number of aliphatic imine (C=N–C) groups is 1. The number of ether oxygens (including phenoxy) is 2. The van der Waals surface area contributed by atoms with Crippen LogP contribution >= 0.6 is 11.8 Å².